The lowest BCUT2D eigenvalue weighted by Gasteiger charge is -2.21. The van der Waals surface area contributed by atoms with E-state index in [1.165, 1.54) is 113 Å². The standard InChI is InChI=1S/C44H45N13O15S4/c1-5-68-41(60)48-35(49-42(61)69-6-2)37(58)47-30-11-9-10-29-33(30)31(54-52-25-12-16-27(17-13-25)75(64,65)56-39-45-20-22-73-39)24-32(34(29)72-38(59)36(50-43(62)70-7-3)51-44(63)71-8-4)55-53-26-14-18-28(19-15-26)76(66,67)57-40-46-21-23-74-40/h9-24,35-36H,5-8H2,1-4H3,(H,45,56)(H,46,57)(H,47,58)(H,48,60)(H,49,61)(H,50,62)(H,51,63). The van der Waals surface area contributed by atoms with E-state index in [2.05, 4.69) is 66.5 Å². The van der Waals surface area contributed by atoms with E-state index in [1.807, 2.05) is 0 Å². The molecule has 6 aromatic rings. The van der Waals surface area contributed by atoms with Gasteiger partial charge in [-0.2, -0.15) is 10.2 Å². The summed E-state index contributed by atoms with van der Waals surface area (Å²) < 4.78 is 82.7. The molecule has 400 valence electrons. The zero-order chi connectivity index (χ0) is 54.8. The maximum absolute atomic E-state index is 14.2. The Morgan fingerprint density at radius 1 is 0.566 bits per heavy atom. The van der Waals surface area contributed by atoms with Gasteiger partial charge in [-0.25, -0.2) is 50.8 Å². The van der Waals surface area contributed by atoms with Gasteiger partial charge in [-0.3, -0.25) is 35.5 Å². The molecule has 0 atom stereocenters. The molecule has 5 amide bonds. The number of alkyl carbamates (subject to hydrolysis) is 4. The Morgan fingerprint density at radius 3 is 1.42 bits per heavy atom. The average Bonchev–Trinajstić information content (AvgIpc) is 4.11. The number of rotatable bonds is 22. The number of azo groups is 2. The summed E-state index contributed by atoms with van der Waals surface area (Å²) in [6, 6.07) is 15.6. The number of sulfonamides is 2. The molecule has 0 spiro atoms. The molecular weight excluding hydrogens is 1080 g/mol. The first-order chi connectivity index (χ1) is 36.4. The van der Waals surface area contributed by atoms with E-state index in [0.29, 0.717) is 0 Å². The van der Waals surface area contributed by atoms with Crippen molar-refractivity contribution in [2.45, 2.75) is 49.8 Å². The first-order valence-electron chi connectivity index (χ1n) is 22.2. The Labute approximate surface area is 440 Å². The van der Waals surface area contributed by atoms with Gasteiger partial charge in [0.1, 0.15) is 5.69 Å². The Hall–Kier alpha value is -8.88. The van der Waals surface area contributed by atoms with Gasteiger partial charge >= 0.3 is 30.3 Å². The number of anilines is 3. The molecule has 0 aliphatic carbocycles. The highest BCUT2D eigenvalue weighted by Gasteiger charge is 2.30. The molecule has 32 heteroatoms. The number of ether oxygens (including phenoxy) is 5. The summed E-state index contributed by atoms with van der Waals surface area (Å²) in [5, 5.41) is 32.0. The van der Waals surface area contributed by atoms with Crippen LogP contribution in [0.4, 0.5) is 57.9 Å². The molecule has 0 radical (unpaired) electrons. The maximum Gasteiger partial charge on any atom is 0.409 e. The largest absolute Gasteiger partial charge is 0.450 e. The van der Waals surface area contributed by atoms with Crippen molar-refractivity contribution < 1.29 is 69.3 Å². The molecule has 4 aromatic carbocycles. The third-order valence-electron chi connectivity index (χ3n) is 9.33. The van der Waals surface area contributed by atoms with Crippen molar-refractivity contribution in [3.8, 4) is 5.75 Å². The normalized spacial score (nSPS) is 11.5. The van der Waals surface area contributed by atoms with Crippen LogP contribution >= 0.6 is 22.7 Å². The van der Waals surface area contributed by atoms with Crippen molar-refractivity contribution in [1.82, 2.24) is 31.2 Å². The van der Waals surface area contributed by atoms with Crippen LogP contribution in [-0.2, 0) is 48.6 Å². The van der Waals surface area contributed by atoms with Crippen molar-refractivity contribution in [2.24, 2.45) is 20.5 Å². The number of amides is 5. The fourth-order valence-corrected chi connectivity index (χ4v) is 9.72. The summed E-state index contributed by atoms with van der Waals surface area (Å²) in [5.41, 5.74) is -0.449. The minimum atomic E-state index is -4.09. The summed E-state index contributed by atoms with van der Waals surface area (Å²) in [6.07, 6.45) is -5.47. The van der Waals surface area contributed by atoms with Crippen LogP contribution in [0.3, 0.4) is 0 Å². The average molecular weight is 1120 g/mol. The lowest BCUT2D eigenvalue weighted by atomic mass is 10.0. The Morgan fingerprint density at radius 2 is 1.00 bits per heavy atom. The van der Waals surface area contributed by atoms with Crippen molar-refractivity contribution in [3.63, 3.8) is 0 Å². The molecule has 0 saturated heterocycles. The molecular formula is C44H45N13O15S4. The minimum Gasteiger partial charge on any atom is -0.450 e. The van der Waals surface area contributed by atoms with Crippen LogP contribution in [0.5, 0.6) is 5.75 Å². The molecule has 2 aromatic heterocycles. The lowest BCUT2D eigenvalue weighted by molar-refractivity contribution is -0.137. The van der Waals surface area contributed by atoms with Gasteiger partial charge < -0.3 is 29.0 Å². The van der Waals surface area contributed by atoms with Gasteiger partial charge in [0, 0.05) is 33.9 Å². The zero-order valence-electron chi connectivity index (χ0n) is 40.2. The number of aromatic nitrogens is 2. The molecule has 28 nitrogen and oxygen atoms in total. The van der Waals surface area contributed by atoms with E-state index in [-0.39, 0.29) is 85.7 Å². The van der Waals surface area contributed by atoms with E-state index in [9.17, 15) is 45.6 Å². The predicted octanol–water partition coefficient (Wildman–Crippen LogP) is 7.67. The molecule has 0 aliphatic rings. The first-order valence-corrected chi connectivity index (χ1v) is 26.9. The second-order valence-corrected chi connectivity index (χ2v) is 19.6. The highest BCUT2D eigenvalue weighted by Crippen LogP contribution is 2.46. The van der Waals surface area contributed by atoms with Crippen LogP contribution < -0.4 is 40.8 Å². The number of nitrogens with one attached hydrogen (secondary N) is 7. The number of thiazole rings is 2. The minimum absolute atomic E-state index is 0.0641. The Kier molecular flexibility index (Phi) is 19.6. The number of benzene rings is 4. The van der Waals surface area contributed by atoms with Gasteiger partial charge in [0.05, 0.1) is 59.0 Å². The van der Waals surface area contributed by atoms with Crippen LogP contribution in [0.15, 0.2) is 126 Å². The van der Waals surface area contributed by atoms with Gasteiger partial charge in [0.25, 0.3) is 26.0 Å². The topological polar surface area (TPSA) is 376 Å². The van der Waals surface area contributed by atoms with Gasteiger partial charge in [-0.05, 0) is 88.4 Å². The molecule has 0 fully saturated rings. The van der Waals surface area contributed by atoms with Gasteiger partial charge in [-0.15, -0.1) is 32.9 Å². The number of esters is 1. The zero-order valence-corrected chi connectivity index (χ0v) is 43.4. The van der Waals surface area contributed by atoms with E-state index in [0.717, 1.165) is 22.7 Å². The van der Waals surface area contributed by atoms with Crippen molar-refractivity contribution in [1.29, 1.82) is 0 Å². The number of carbonyl (C=O) groups is 6. The number of carbonyl (C=O) groups excluding carboxylic acids is 6. The Balaban J connectivity index is 1.52. The number of fused-ring (bicyclic) bond motifs is 1. The lowest BCUT2D eigenvalue weighted by Crippen LogP contribution is -2.55. The summed E-state index contributed by atoms with van der Waals surface area (Å²) in [4.78, 5) is 86.3. The van der Waals surface area contributed by atoms with Crippen LogP contribution in [0, 0.1) is 0 Å². The Bertz CT molecular complexity index is 3290. The van der Waals surface area contributed by atoms with Crippen LogP contribution in [0.2, 0.25) is 0 Å². The molecule has 76 heavy (non-hydrogen) atoms. The smallest absolute Gasteiger partial charge is 0.409 e. The van der Waals surface area contributed by atoms with Gasteiger partial charge in [-0.1, -0.05) is 12.1 Å². The molecule has 7 N–H and O–H groups in total. The third-order valence-corrected chi connectivity index (χ3v) is 13.7. The first kappa shape index (κ1) is 56.4. The van der Waals surface area contributed by atoms with E-state index in [1.54, 1.807) is 10.8 Å². The molecule has 2 heterocycles. The SMILES string of the molecule is CCOC(=O)NC(NC(=O)OCC)C(=O)Nc1cccc2c(OC(=O)C(NC(=O)OCC)NC(=O)OCC)c(N=Nc3ccc(S(=O)(=O)Nc4nccs4)cc3)cc(N=Nc3ccc(S(=O)(=O)Nc4nccs4)cc3)c12. The highest BCUT2D eigenvalue weighted by molar-refractivity contribution is 7.93. The van der Waals surface area contributed by atoms with Crippen molar-refractivity contribution in [2.75, 3.05) is 41.2 Å². The van der Waals surface area contributed by atoms with Crippen LogP contribution in [-0.4, -0.2) is 102 Å². The summed E-state index contributed by atoms with van der Waals surface area (Å²) in [5.74, 6) is -2.90. The van der Waals surface area contributed by atoms with Crippen LogP contribution in [0.25, 0.3) is 10.8 Å². The van der Waals surface area contributed by atoms with Crippen molar-refractivity contribution >= 4 is 128 Å². The summed E-state index contributed by atoms with van der Waals surface area (Å²) >= 11 is 2.13. The fraction of sp³-hybridized carbons (Fsp3) is 0.227. The predicted molar refractivity (Wildman–Crippen MR) is 274 cm³/mol. The van der Waals surface area contributed by atoms with E-state index in [4.69, 9.17) is 23.7 Å². The maximum atomic E-state index is 14.2. The second-order valence-electron chi connectivity index (χ2n) is 14.5. The molecule has 0 bridgehead atoms. The highest BCUT2D eigenvalue weighted by atomic mass is 32.2. The van der Waals surface area contributed by atoms with Gasteiger partial charge in [0.15, 0.2) is 22.2 Å². The fourth-order valence-electron chi connectivity index (χ4n) is 6.14. The third kappa shape index (κ3) is 15.6. The van der Waals surface area contributed by atoms with Gasteiger partial charge in [0.2, 0.25) is 6.17 Å². The molecule has 0 saturated carbocycles. The van der Waals surface area contributed by atoms with Crippen LogP contribution in [0.1, 0.15) is 27.7 Å². The summed E-state index contributed by atoms with van der Waals surface area (Å²) in [7, 11) is -8.17. The molecule has 0 unspecified atom stereocenters. The van der Waals surface area contributed by atoms with Crippen molar-refractivity contribution in [3.05, 3.63) is 96.0 Å². The number of hydrogen-bond donors (Lipinski definition) is 7. The quantitative estimate of drug-likeness (QED) is 0.0113. The van der Waals surface area contributed by atoms with E-state index < -0.39 is 74.4 Å². The number of nitrogens with zero attached hydrogens (tertiary/aromatic N) is 6. The monoisotopic (exact) mass is 1120 g/mol. The second kappa shape index (κ2) is 26.4. The molecule has 6 rings (SSSR count). The summed E-state index contributed by atoms with van der Waals surface area (Å²) in [6.45, 7) is 5.49. The number of hydrogen-bond acceptors (Lipinski definition) is 23. The molecule has 0 aliphatic heterocycles. The van der Waals surface area contributed by atoms with E-state index >= 15 is 0 Å².